The Balaban J connectivity index is 1.24. The number of allylic oxidation sites excluding steroid dienone is 2. The number of aromatic nitrogens is 2. The molecule has 0 radical (unpaired) electrons. The predicted octanol–water partition coefficient (Wildman–Crippen LogP) is 19.1. The van der Waals surface area contributed by atoms with Crippen LogP contribution in [-0.4, -0.2) is 16.2 Å². The smallest absolute Gasteiger partial charge is 0.137 e. The maximum absolute atomic E-state index is 7.30. The number of hydrogen-bond donors (Lipinski definition) is 0. The van der Waals surface area contributed by atoms with Gasteiger partial charge in [0.2, 0.25) is 0 Å². The third-order valence-corrected chi connectivity index (χ3v) is 15.9. The lowest BCUT2D eigenvalue weighted by Gasteiger charge is -2.35. The molecule has 0 unspecified atom stereocenters. The van der Waals surface area contributed by atoms with Crippen molar-refractivity contribution in [1.29, 1.82) is 0 Å². The summed E-state index contributed by atoms with van der Waals surface area (Å²) in [6, 6.07) is 54.0. The van der Waals surface area contributed by atoms with Crippen LogP contribution >= 0.6 is 0 Å². The molecular formula is C70H84N4O. The molecule has 0 saturated carbocycles. The third-order valence-electron chi connectivity index (χ3n) is 15.9. The second-order valence-electron chi connectivity index (χ2n) is 27.7. The van der Waals surface area contributed by atoms with E-state index in [9.17, 15) is 0 Å². The van der Waals surface area contributed by atoms with Crippen LogP contribution in [0.5, 0.6) is 11.5 Å². The highest BCUT2D eigenvalue weighted by molar-refractivity contribution is 6.09. The lowest BCUT2D eigenvalue weighted by molar-refractivity contribution is 0.444. The van der Waals surface area contributed by atoms with Gasteiger partial charge in [0.1, 0.15) is 17.3 Å². The van der Waals surface area contributed by atoms with Crippen molar-refractivity contribution in [1.82, 2.24) is 9.55 Å². The van der Waals surface area contributed by atoms with Crippen LogP contribution in [0.4, 0.5) is 11.4 Å². The van der Waals surface area contributed by atoms with Crippen molar-refractivity contribution in [3.8, 4) is 17.3 Å². The van der Waals surface area contributed by atoms with Gasteiger partial charge in [-0.25, -0.2) is 4.98 Å². The van der Waals surface area contributed by atoms with Crippen LogP contribution in [0.1, 0.15) is 170 Å². The molecule has 0 atom stereocenters. The van der Waals surface area contributed by atoms with Crippen molar-refractivity contribution in [2.75, 3.05) is 16.5 Å². The van der Waals surface area contributed by atoms with E-state index in [-0.39, 0.29) is 37.9 Å². The molecule has 1 aliphatic heterocycles. The van der Waals surface area contributed by atoms with E-state index < -0.39 is 0 Å². The summed E-state index contributed by atoms with van der Waals surface area (Å²) in [6.45, 7) is 45.0. The Labute approximate surface area is 450 Å². The van der Waals surface area contributed by atoms with Crippen LogP contribution in [-0.2, 0) is 27.1 Å². The standard InChI is InChI=1S/C70H84N4O/c1-64(2,3)48-30-33-59-58(41-48)57-32-31-55(44-60(57)74(59)61-42-49(34-35-71-61)69(16,17)46-26-22-20-23-27-46)75-56-40-52(70(18,19)47-28-24-21-25-29-47)39-54(43-56)73-45-72(62(67(10,11)12)63(73)68(13,14)15)53-37-50(65(4,5)6)36-51(38-53)66(7,8)9/h20-44H,45H2,1-19H3. The van der Waals surface area contributed by atoms with E-state index in [2.05, 4.69) is 292 Å². The van der Waals surface area contributed by atoms with E-state index in [1.54, 1.807) is 0 Å². The number of benzene rings is 6. The second kappa shape index (κ2) is 18.6. The first kappa shape index (κ1) is 53.2. The SMILES string of the molecule is CC(C)(C)C1=C(C(C)(C)C)N(c2cc(Oc3ccc4c5cc(C(C)(C)C)ccc5n(-c5cc(C(C)(C)c6ccccc6)ccn5)c4c3)cc(C(C)(C)c3ccccc3)c2)CN1c1cc(C(C)(C)C)cc(C(C)(C)C)c1. The highest BCUT2D eigenvalue weighted by Gasteiger charge is 2.43. The molecule has 6 aromatic carbocycles. The minimum absolute atomic E-state index is 0.0202. The normalized spacial score (nSPS) is 14.4. The van der Waals surface area contributed by atoms with Gasteiger partial charge in [0, 0.05) is 73.5 Å². The van der Waals surface area contributed by atoms with Crippen LogP contribution in [0, 0.1) is 10.8 Å². The van der Waals surface area contributed by atoms with Gasteiger partial charge in [-0.2, -0.15) is 0 Å². The zero-order valence-electron chi connectivity index (χ0n) is 48.8. The average Bonchev–Trinajstić information content (AvgIpc) is 3.92. The minimum atomic E-state index is -0.346. The first-order valence-electron chi connectivity index (χ1n) is 27.3. The van der Waals surface area contributed by atoms with Crippen LogP contribution < -0.4 is 14.5 Å². The molecule has 390 valence electrons. The highest BCUT2D eigenvalue weighted by Crippen LogP contribution is 2.50. The summed E-state index contributed by atoms with van der Waals surface area (Å²) >= 11 is 0. The first-order valence-corrected chi connectivity index (χ1v) is 27.3. The molecule has 5 nitrogen and oxygen atoms in total. The summed E-state index contributed by atoms with van der Waals surface area (Å²) in [5.41, 5.74) is 15.0. The van der Waals surface area contributed by atoms with Gasteiger partial charge in [0.25, 0.3) is 0 Å². The molecule has 0 saturated heterocycles. The number of hydrogen-bond acceptors (Lipinski definition) is 4. The summed E-state index contributed by atoms with van der Waals surface area (Å²) in [5, 5.41) is 2.36. The zero-order valence-corrected chi connectivity index (χ0v) is 48.8. The molecule has 0 spiro atoms. The minimum Gasteiger partial charge on any atom is -0.457 e. The van der Waals surface area contributed by atoms with Gasteiger partial charge in [0.05, 0.1) is 17.7 Å². The molecule has 5 heteroatoms. The number of rotatable bonds is 9. The van der Waals surface area contributed by atoms with E-state index >= 15 is 0 Å². The fourth-order valence-corrected chi connectivity index (χ4v) is 11.2. The molecular weight excluding hydrogens is 913 g/mol. The summed E-state index contributed by atoms with van der Waals surface area (Å²) in [7, 11) is 0. The Hall–Kier alpha value is -6.59. The second-order valence-corrected chi connectivity index (χ2v) is 27.7. The van der Waals surface area contributed by atoms with Crippen LogP contribution in [0.25, 0.3) is 27.6 Å². The molecule has 0 aliphatic carbocycles. The van der Waals surface area contributed by atoms with E-state index in [0.717, 1.165) is 39.4 Å². The molecule has 0 N–H and O–H groups in total. The maximum atomic E-state index is 7.30. The van der Waals surface area contributed by atoms with Gasteiger partial charge in [-0.1, -0.05) is 204 Å². The summed E-state index contributed by atoms with van der Waals surface area (Å²) < 4.78 is 9.64. The van der Waals surface area contributed by atoms with Gasteiger partial charge in [-0.3, -0.25) is 4.57 Å². The number of nitrogens with zero attached hydrogens (tertiary/aromatic N) is 4. The first-order chi connectivity index (χ1) is 34.8. The fourth-order valence-electron chi connectivity index (χ4n) is 11.2. The molecule has 8 aromatic rings. The molecule has 2 aromatic heterocycles. The fraction of sp³-hybridized carbons (Fsp3) is 0.386. The molecule has 9 rings (SSSR count). The number of ether oxygens (including phenoxy) is 1. The Kier molecular flexibility index (Phi) is 13.2. The van der Waals surface area contributed by atoms with Crippen molar-refractivity contribution < 1.29 is 4.74 Å². The van der Waals surface area contributed by atoms with Gasteiger partial charge < -0.3 is 14.5 Å². The van der Waals surface area contributed by atoms with E-state index in [1.807, 2.05) is 6.20 Å². The monoisotopic (exact) mass is 997 g/mol. The zero-order chi connectivity index (χ0) is 54.4. The Morgan fingerprint density at radius 1 is 0.360 bits per heavy atom. The van der Waals surface area contributed by atoms with Crippen molar-refractivity contribution in [3.05, 3.63) is 202 Å². The van der Waals surface area contributed by atoms with Crippen LogP contribution in [0.15, 0.2) is 163 Å². The van der Waals surface area contributed by atoms with E-state index in [0.29, 0.717) is 6.67 Å². The highest BCUT2D eigenvalue weighted by atomic mass is 16.5. The maximum Gasteiger partial charge on any atom is 0.137 e. The van der Waals surface area contributed by atoms with Crippen LogP contribution in [0.2, 0.25) is 0 Å². The number of pyridine rings is 1. The average molecular weight is 997 g/mol. The van der Waals surface area contributed by atoms with Crippen molar-refractivity contribution >= 4 is 33.2 Å². The summed E-state index contributed by atoms with van der Waals surface area (Å²) in [6.07, 6.45) is 1.97. The van der Waals surface area contributed by atoms with Gasteiger partial charge in [-0.15, -0.1) is 0 Å². The van der Waals surface area contributed by atoms with Gasteiger partial charge in [-0.05, 0) is 116 Å². The van der Waals surface area contributed by atoms with E-state index in [1.165, 1.54) is 61.4 Å². The molecule has 1 aliphatic rings. The quantitative estimate of drug-likeness (QED) is 0.144. The third kappa shape index (κ3) is 10.3. The number of anilines is 2. The van der Waals surface area contributed by atoms with E-state index in [4.69, 9.17) is 9.72 Å². The van der Waals surface area contributed by atoms with Crippen molar-refractivity contribution in [2.45, 2.75) is 159 Å². The Morgan fingerprint density at radius 2 is 0.867 bits per heavy atom. The number of fused-ring (bicyclic) bond motifs is 3. The lowest BCUT2D eigenvalue weighted by atomic mass is 9.77. The molecule has 0 bridgehead atoms. The van der Waals surface area contributed by atoms with Crippen LogP contribution in [0.3, 0.4) is 0 Å². The summed E-state index contributed by atoms with van der Waals surface area (Å²) in [4.78, 5) is 10.3. The molecule has 0 amide bonds. The Bertz CT molecular complexity index is 3410. The van der Waals surface area contributed by atoms with Crippen molar-refractivity contribution in [3.63, 3.8) is 0 Å². The van der Waals surface area contributed by atoms with Gasteiger partial charge in [0.15, 0.2) is 0 Å². The predicted molar refractivity (Wildman–Crippen MR) is 321 cm³/mol. The molecule has 3 heterocycles. The Morgan fingerprint density at radius 3 is 1.39 bits per heavy atom. The van der Waals surface area contributed by atoms with Gasteiger partial charge >= 0.3 is 0 Å². The lowest BCUT2D eigenvalue weighted by Crippen LogP contribution is -2.32. The summed E-state index contributed by atoms with van der Waals surface area (Å²) in [5.74, 6) is 2.44. The molecule has 0 fully saturated rings. The van der Waals surface area contributed by atoms with Crippen molar-refractivity contribution in [2.24, 2.45) is 10.8 Å². The topological polar surface area (TPSA) is 33.5 Å². The largest absolute Gasteiger partial charge is 0.457 e. The molecule has 75 heavy (non-hydrogen) atoms.